The minimum absolute atomic E-state index is 0.0521. The maximum atomic E-state index is 12.9. The number of furan rings is 1. The van der Waals surface area contributed by atoms with Gasteiger partial charge in [-0.25, -0.2) is 9.38 Å². The summed E-state index contributed by atoms with van der Waals surface area (Å²) in [6.07, 6.45) is 1.85. The lowest BCUT2D eigenvalue weighted by atomic mass is 10.2. The zero-order chi connectivity index (χ0) is 23.9. The molecule has 172 valence electrons. The van der Waals surface area contributed by atoms with Crippen molar-refractivity contribution in [2.24, 2.45) is 0 Å². The first-order chi connectivity index (χ1) is 16.3. The number of alkyl halides is 3. The first-order valence-electron chi connectivity index (χ1n) is 9.89. The van der Waals surface area contributed by atoms with Gasteiger partial charge in [0, 0.05) is 0 Å². The van der Waals surface area contributed by atoms with Gasteiger partial charge in [0.05, 0.1) is 21.8 Å². The van der Waals surface area contributed by atoms with Gasteiger partial charge in [-0.1, -0.05) is 70.4 Å². The molecule has 1 N–H and O–H groups in total. The summed E-state index contributed by atoms with van der Waals surface area (Å²) < 4.78 is 11.0. The van der Waals surface area contributed by atoms with Gasteiger partial charge < -0.3 is 14.5 Å². The molecule has 5 aromatic rings. The fourth-order valence-corrected chi connectivity index (χ4v) is 4.60. The molecule has 34 heavy (non-hydrogen) atoms. The molecule has 3 heterocycles. The Hall–Kier alpha value is -3.04. The molecular weight excluding hydrogens is 521 g/mol. The van der Waals surface area contributed by atoms with Crippen molar-refractivity contribution >= 4 is 74.1 Å². The van der Waals surface area contributed by atoms with E-state index in [1.54, 1.807) is 40.8 Å². The normalized spacial score (nSPS) is 13.4. The lowest BCUT2D eigenvalue weighted by Crippen LogP contribution is -2.47. The summed E-state index contributed by atoms with van der Waals surface area (Å²) in [5.41, 5.74) is 2.19. The van der Waals surface area contributed by atoms with Gasteiger partial charge in [0.2, 0.25) is 10.0 Å². The van der Waals surface area contributed by atoms with Crippen molar-refractivity contribution in [3.05, 3.63) is 93.1 Å². The second kappa shape index (κ2) is 8.96. The van der Waals surface area contributed by atoms with Crippen LogP contribution in [-0.4, -0.2) is 25.3 Å². The fraction of sp³-hybridized carbons (Fsp3) is 0.0870. The second-order valence-electron chi connectivity index (χ2n) is 7.19. The molecule has 0 fully saturated rings. The zero-order valence-electron chi connectivity index (χ0n) is 17.1. The Morgan fingerprint density at radius 1 is 1.12 bits per heavy atom. The molecule has 1 amide bonds. The van der Waals surface area contributed by atoms with Gasteiger partial charge in [-0.05, 0) is 48.0 Å². The largest absolute Gasteiger partial charge is 0.466 e. The number of para-hydroxylation sites is 2. The van der Waals surface area contributed by atoms with Crippen LogP contribution in [0.4, 0.5) is 0 Å². The standard InChI is InChI=1S/C23H14Cl3N3O4S/c24-23(25,26)21(28-19(30)17-6-3-11-32-17)33-14-9-7-13(8-10-14)12-18-20(31)29-16-5-2-1-4-15(16)27-22(29)34-18/h1-12,21H,(H,28,30)/b18-12-/t21-/m1/s1. The fourth-order valence-electron chi connectivity index (χ4n) is 3.32. The molecule has 0 aliphatic carbocycles. The SMILES string of the molecule is O=C(N[C@H](Oc1ccc(/C=c2\sc3nc4ccccc4n3c2=O)cc1)C(Cl)(Cl)Cl)c1ccco1. The predicted octanol–water partition coefficient (Wildman–Crippen LogP) is 4.56. The molecule has 0 unspecified atom stereocenters. The van der Waals surface area contributed by atoms with Crippen LogP contribution >= 0.6 is 46.1 Å². The average molecular weight is 535 g/mol. The number of carbonyl (C=O) groups excluding carboxylic acids is 1. The third-order valence-electron chi connectivity index (χ3n) is 4.88. The number of nitrogens with one attached hydrogen (secondary N) is 1. The topological polar surface area (TPSA) is 85.8 Å². The van der Waals surface area contributed by atoms with Crippen LogP contribution < -0.4 is 20.1 Å². The number of nitrogens with zero attached hydrogens (tertiary/aromatic N) is 2. The van der Waals surface area contributed by atoms with E-state index in [1.807, 2.05) is 24.3 Å². The maximum absolute atomic E-state index is 12.9. The van der Waals surface area contributed by atoms with Crippen molar-refractivity contribution in [1.29, 1.82) is 0 Å². The first-order valence-corrected chi connectivity index (χ1v) is 11.8. The van der Waals surface area contributed by atoms with Crippen molar-refractivity contribution in [2.75, 3.05) is 0 Å². The Morgan fingerprint density at radius 3 is 2.59 bits per heavy atom. The third-order valence-corrected chi connectivity index (χ3v) is 6.44. The number of benzene rings is 2. The number of aromatic nitrogens is 2. The van der Waals surface area contributed by atoms with E-state index in [0.29, 0.717) is 15.2 Å². The number of hydrogen-bond donors (Lipinski definition) is 1. The Labute approximate surface area is 211 Å². The number of ether oxygens (including phenoxy) is 1. The number of hydrogen-bond acceptors (Lipinski definition) is 6. The van der Waals surface area contributed by atoms with Crippen LogP contribution in [0.3, 0.4) is 0 Å². The van der Waals surface area contributed by atoms with Crippen LogP contribution in [0.15, 0.2) is 76.1 Å². The van der Waals surface area contributed by atoms with Crippen molar-refractivity contribution in [3.63, 3.8) is 0 Å². The summed E-state index contributed by atoms with van der Waals surface area (Å²) in [5.74, 6) is -0.191. The van der Waals surface area contributed by atoms with E-state index < -0.39 is 15.9 Å². The predicted molar refractivity (Wildman–Crippen MR) is 133 cm³/mol. The number of thiazole rings is 1. The van der Waals surface area contributed by atoms with Crippen LogP contribution in [0, 0.1) is 0 Å². The summed E-state index contributed by atoms with van der Waals surface area (Å²) in [6, 6.07) is 17.3. The maximum Gasteiger partial charge on any atom is 0.289 e. The van der Waals surface area contributed by atoms with E-state index in [4.69, 9.17) is 44.0 Å². The van der Waals surface area contributed by atoms with Crippen LogP contribution in [0.2, 0.25) is 0 Å². The van der Waals surface area contributed by atoms with Crippen molar-refractivity contribution in [2.45, 2.75) is 10.0 Å². The number of amides is 1. The van der Waals surface area contributed by atoms with Gasteiger partial charge in [0.25, 0.3) is 11.5 Å². The van der Waals surface area contributed by atoms with E-state index >= 15 is 0 Å². The lowest BCUT2D eigenvalue weighted by Gasteiger charge is -2.26. The molecular formula is C23H14Cl3N3O4S. The van der Waals surface area contributed by atoms with Gasteiger partial charge in [-0.2, -0.15) is 0 Å². The highest BCUT2D eigenvalue weighted by Crippen LogP contribution is 2.32. The highest BCUT2D eigenvalue weighted by Gasteiger charge is 2.36. The molecule has 3 aromatic heterocycles. The number of rotatable bonds is 5. The minimum atomic E-state index is -1.95. The van der Waals surface area contributed by atoms with E-state index in [0.717, 1.165) is 16.6 Å². The summed E-state index contributed by atoms with van der Waals surface area (Å²) in [6.45, 7) is 0. The Kier molecular flexibility index (Phi) is 5.99. The highest BCUT2D eigenvalue weighted by molar-refractivity contribution is 7.15. The molecule has 5 rings (SSSR count). The van der Waals surface area contributed by atoms with E-state index in [1.165, 1.54) is 23.7 Å². The van der Waals surface area contributed by atoms with Crippen LogP contribution in [0.1, 0.15) is 16.1 Å². The van der Waals surface area contributed by atoms with Gasteiger partial charge in [0.15, 0.2) is 10.7 Å². The van der Waals surface area contributed by atoms with Crippen LogP contribution in [0.5, 0.6) is 5.75 Å². The molecule has 0 radical (unpaired) electrons. The quantitative estimate of drug-likeness (QED) is 0.264. The number of halogens is 3. The van der Waals surface area contributed by atoms with Crippen LogP contribution in [0.25, 0.3) is 22.1 Å². The first kappa shape index (κ1) is 22.7. The van der Waals surface area contributed by atoms with E-state index in [9.17, 15) is 9.59 Å². The molecule has 0 saturated carbocycles. The Bertz CT molecular complexity index is 1590. The summed E-state index contributed by atoms with van der Waals surface area (Å²) in [7, 11) is 0. The zero-order valence-corrected chi connectivity index (χ0v) is 20.2. The number of carbonyl (C=O) groups is 1. The van der Waals surface area contributed by atoms with E-state index in [-0.39, 0.29) is 11.3 Å². The third kappa shape index (κ3) is 4.50. The highest BCUT2D eigenvalue weighted by atomic mass is 35.6. The summed E-state index contributed by atoms with van der Waals surface area (Å²) >= 11 is 19.3. The van der Waals surface area contributed by atoms with Crippen LogP contribution in [-0.2, 0) is 0 Å². The minimum Gasteiger partial charge on any atom is -0.466 e. The second-order valence-corrected chi connectivity index (χ2v) is 10.6. The molecule has 0 aliphatic heterocycles. The Morgan fingerprint density at radius 2 is 1.88 bits per heavy atom. The van der Waals surface area contributed by atoms with Crippen molar-refractivity contribution < 1.29 is 13.9 Å². The molecule has 2 aromatic carbocycles. The molecule has 0 saturated heterocycles. The summed E-state index contributed by atoms with van der Waals surface area (Å²) in [5, 5.41) is 2.49. The number of fused-ring (bicyclic) bond motifs is 3. The smallest absolute Gasteiger partial charge is 0.289 e. The molecule has 0 spiro atoms. The number of imidazole rings is 1. The molecule has 7 nitrogen and oxygen atoms in total. The molecule has 11 heteroatoms. The summed E-state index contributed by atoms with van der Waals surface area (Å²) in [4.78, 5) is 30.3. The average Bonchev–Trinajstić information content (AvgIpc) is 3.52. The van der Waals surface area contributed by atoms with Crippen molar-refractivity contribution in [3.8, 4) is 5.75 Å². The Balaban J connectivity index is 1.38. The van der Waals surface area contributed by atoms with Crippen molar-refractivity contribution in [1.82, 2.24) is 14.7 Å². The van der Waals surface area contributed by atoms with Gasteiger partial charge in [-0.15, -0.1) is 0 Å². The molecule has 0 aliphatic rings. The molecule has 0 bridgehead atoms. The molecule has 1 atom stereocenters. The van der Waals surface area contributed by atoms with E-state index in [2.05, 4.69) is 10.3 Å². The lowest BCUT2D eigenvalue weighted by molar-refractivity contribution is 0.0805. The van der Waals surface area contributed by atoms with Gasteiger partial charge in [0.1, 0.15) is 5.75 Å². The van der Waals surface area contributed by atoms with Gasteiger partial charge >= 0.3 is 0 Å². The van der Waals surface area contributed by atoms with Gasteiger partial charge in [-0.3, -0.25) is 9.59 Å². The monoisotopic (exact) mass is 533 g/mol.